The molecule has 3 aromatic heterocycles. The Bertz CT molecular complexity index is 1050. The molecule has 8 nitrogen and oxygen atoms in total. The molecule has 0 aliphatic carbocycles. The average Bonchev–Trinajstić information content (AvgIpc) is 3.12. The summed E-state index contributed by atoms with van der Waals surface area (Å²) in [6, 6.07) is 9.35. The van der Waals surface area contributed by atoms with Gasteiger partial charge in [0.15, 0.2) is 0 Å². The van der Waals surface area contributed by atoms with Gasteiger partial charge < -0.3 is 5.32 Å². The number of hydrogen-bond donors (Lipinski definition) is 1. The Morgan fingerprint density at radius 3 is 2.70 bits per heavy atom. The van der Waals surface area contributed by atoms with Gasteiger partial charge in [-0.25, -0.2) is 9.67 Å². The van der Waals surface area contributed by atoms with Gasteiger partial charge in [-0.3, -0.25) is 19.5 Å². The second-order valence-corrected chi connectivity index (χ2v) is 7.66. The number of nitrogens with zero attached hydrogens (tertiary/aromatic N) is 5. The van der Waals surface area contributed by atoms with Crippen LogP contribution in [0.25, 0.3) is 11.1 Å². The van der Waals surface area contributed by atoms with Gasteiger partial charge in [-0.05, 0) is 31.0 Å². The minimum Gasteiger partial charge on any atom is -0.311 e. The van der Waals surface area contributed by atoms with Crippen molar-refractivity contribution in [2.75, 3.05) is 16.8 Å². The molecule has 0 spiro atoms. The highest BCUT2D eigenvalue weighted by atomic mass is 16.2. The number of anilines is 2. The van der Waals surface area contributed by atoms with E-state index in [9.17, 15) is 9.59 Å². The van der Waals surface area contributed by atoms with Crippen LogP contribution in [0.4, 0.5) is 11.6 Å². The van der Waals surface area contributed by atoms with Gasteiger partial charge in [0.05, 0.1) is 5.69 Å². The number of carbonyl (C=O) groups excluding carboxylic acids is 2. The van der Waals surface area contributed by atoms with E-state index in [0.29, 0.717) is 18.3 Å². The standard InChI is InChI=1S/C22H24N6O2/c1-15-13-27(21-10-16(2)26-28(21)14-15)22(30)8-7-20(29)25-19-6-5-18(12-24-19)17-4-3-9-23-11-17/h3-6,9-12,15H,7-8,13-14H2,1-2H3,(H,24,25,29). The van der Waals surface area contributed by atoms with Crippen molar-refractivity contribution in [3.63, 3.8) is 0 Å². The van der Waals surface area contributed by atoms with Crippen LogP contribution in [0.5, 0.6) is 0 Å². The number of aromatic nitrogens is 4. The van der Waals surface area contributed by atoms with E-state index in [0.717, 1.165) is 29.2 Å². The molecule has 4 rings (SSSR count). The van der Waals surface area contributed by atoms with Gasteiger partial charge >= 0.3 is 0 Å². The van der Waals surface area contributed by atoms with Crippen molar-refractivity contribution in [3.8, 4) is 11.1 Å². The van der Waals surface area contributed by atoms with E-state index >= 15 is 0 Å². The minimum absolute atomic E-state index is 0.0715. The number of carbonyl (C=O) groups is 2. The smallest absolute Gasteiger partial charge is 0.228 e. The number of fused-ring (bicyclic) bond motifs is 1. The largest absolute Gasteiger partial charge is 0.311 e. The van der Waals surface area contributed by atoms with Crippen molar-refractivity contribution in [1.82, 2.24) is 19.7 Å². The molecular formula is C22H24N6O2. The summed E-state index contributed by atoms with van der Waals surface area (Å²) in [4.78, 5) is 35.2. The SMILES string of the molecule is Cc1cc2n(n1)CC(C)CN2C(=O)CCC(=O)Nc1ccc(-c2cccnc2)cn1. The fourth-order valence-corrected chi connectivity index (χ4v) is 3.60. The first-order valence-corrected chi connectivity index (χ1v) is 10.0. The fraction of sp³-hybridized carbons (Fsp3) is 0.318. The van der Waals surface area contributed by atoms with Crippen molar-refractivity contribution in [2.24, 2.45) is 5.92 Å². The zero-order valence-electron chi connectivity index (χ0n) is 17.1. The molecule has 1 aliphatic rings. The Labute approximate surface area is 175 Å². The Hall–Kier alpha value is -3.55. The van der Waals surface area contributed by atoms with Crippen molar-refractivity contribution < 1.29 is 9.59 Å². The Morgan fingerprint density at radius 2 is 1.97 bits per heavy atom. The van der Waals surface area contributed by atoms with Crippen LogP contribution in [-0.4, -0.2) is 38.1 Å². The van der Waals surface area contributed by atoms with Gasteiger partial charge in [0.2, 0.25) is 11.8 Å². The summed E-state index contributed by atoms with van der Waals surface area (Å²) in [5.41, 5.74) is 2.76. The summed E-state index contributed by atoms with van der Waals surface area (Å²) < 4.78 is 1.87. The molecule has 0 saturated heterocycles. The van der Waals surface area contributed by atoms with E-state index in [1.165, 1.54) is 0 Å². The monoisotopic (exact) mass is 404 g/mol. The molecule has 0 fully saturated rings. The van der Waals surface area contributed by atoms with Crippen LogP contribution in [0.15, 0.2) is 48.9 Å². The van der Waals surface area contributed by atoms with E-state index in [1.54, 1.807) is 29.6 Å². The molecule has 154 valence electrons. The van der Waals surface area contributed by atoms with E-state index in [-0.39, 0.29) is 24.7 Å². The van der Waals surface area contributed by atoms with E-state index in [2.05, 4.69) is 27.3 Å². The lowest BCUT2D eigenvalue weighted by atomic mass is 10.1. The number of amides is 2. The minimum atomic E-state index is -0.236. The molecule has 1 aliphatic heterocycles. The quantitative estimate of drug-likeness (QED) is 0.705. The lowest BCUT2D eigenvalue weighted by molar-refractivity contribution is -0.122. The molecule has 4 heterocycles. The molecule has 30 heavy (non-hydrogen) atoms. The summed E-state index contributed by atoms with van der Waals surface area (Å²) in [6.07, 6.45) is 5.40. The van der Waals surface area contributed by atoms with Crippen LogP contribution in [-0.2, 0) is 16.1 Å². The second kappa shape index (κ2) is 8.44. The maximum Gasteiger partial charge on any atom is 0.228 e. The number of rotatable bonds is 5. The first kappa shape index (κ1) is 19.8. The predicted molar refractivity (Wildman–Crippen MR) is 114 cm³/mol. The summed E-state index contributed by atoms with van der Waals surface area (Å²) >= 11 is 0. The van der Waals surface area contributed by atoms with Crippen molar-refractivity contribution in [3.05, 3.63) is 54.6 Å². The number of nitrogens with one attached hydrogen (secondary N) is 1. The third kappa shape index (κ3) is 4.37. The highest BCUT2D eigenvalue weighted by Crippen LogP contribution is 2.25. The number of hydrogen-bond acceptors (Lipinski definition) is 5. The molecular weight excluding hydrogens is 380 g/mol. The van der Waals surface area contributed by atoms with Gasteiger partial charge in [0.25, 0.3) is 0 Å². The van der Waals surface area contributed by atoms with Crippen molar-refractivity contribution >= 4 is 23.5 Å². The van der Waals surface area contributed by atoms with E-state index in [4.69, 9.17) is 0 Å². The van der Waals surface area contributed by atoms with Crippen molar-refractivity contribution in [2.45, 2.75) is 33.2 Å². The van der Waals surface area contributed by atoms with Crippen LogP contribution in [0.3, 0.4) is 0 Å². The second-order valence-electron chi connectivity index (χ2n) is 7.66. The lowest BCUT2D eigenvalue weighted by Gasteiger charge is -2.31. The van der Waals surface area contributed by atoms with Crippen LogP contribution in [0, 0.1) is 12.8 Å². The van der Waals surface area contributed by atoms with Gasteiger partial charge in [-0.1, -0.05) is 13.0 Å². The van der Waals surface area contributed by atoms with Crippen LogP contribution in [0.1, 0.15) is 25.5 Å². The highest BCUT2D eigenvalue weighted by molar-refractivity contribution is 5.97. The molecule has 8 heteroatoms. The molecule has 0 saturated carbocycles. The highest BCUT2D eigenvalue weighted by Gasteiger charge is 2.27. The summed E-state index contributed by atoms with van der Waals surface area (Å²) in [5, 5.41) is 7.20. The van der Waals surface area contributed by atoms with Crippen LogP contribution in [0.2, 0.25) is 0 Å². The first-order chi connectivity index (χ1) is 14.5. The van der Waals surface area contributed by atoms with E-state index in [1.807, 2.05) is 35.9 Å². The van der Waals surface area contributed by atoms with Crippen LogP contribution >= 0.6 is 0 Å². The molecule has 1 atom stereocenters. The molecule has 0 aromatic carbocycles. The maximum absolute atomic E-state index is 12.8. The molecule has 1 N–H and O–H groups in total. The van der Waals surface area contributed by atoms with Crippen molar-refractivity contribution in [1.29, 1.82) is 0 Å². The topological polar surface area (TPSA) is 93.0 Å². The fourth-order valence-electron chi connectivity index (χ4n) is 3.60. The zero-order valence-corrected chi connectivity index (χ0v) is 17.1. The molecule has 2 amide bonds. The summed E-state index contributed by atoms with van der Waals surface area (Å²) in [5.74, 6) is 1.28. The maximum atomic E-state index is 12.8. The Balaban J connectivity index is 1.33. The van der Waals surface area contributed by atoms with E-state index < -0.39 is 0 Å². The lowest BCUT2D eigenvalue weighted by Crippen LogP contribution is -2.41. The number of aryl methyl sites for hydroxylation is 1. The van der Waals surface area contributed by atoms with Gasteiger partial charge in [-0.15, -0.1) is 0 Å². The molecule has 0 bridgehead atoms. The predicted octanol–water partition coefficient (Wildman–Crippen LogP) is 3.05. The normalized spacial score (nSPS) is 15.5. The first-order valence-electron chi connectivity index (χ1n) is 10.0. The Kier molecular flexibility index (Phi) is 5.56. The van der Waals surface area contributed by atoms with Gasteiger partial charge in [0.1, 0.15) is 11.6 Å². The molecule has 3 aromatic rings. The Morgan fingerprint density at radius 1 is 1.13 bits per heavy atom. The third-order valence-corrected chi connectivity index (χ3v) is 5.03. The molecule has 1 unspecified atom stereocenters. The van der Waals surface area contributed by atoms with Gasteiger partial charge in [-0.2, -0.15) is 5.10 Å². The van der Waals surface area contributed by atoms with Gasteiger partial charge in [0, 0.05) is 61.7 Å². The zero-order chi connectivity index (χ0) is 21.1. The summed E-state index contributed by atoms with van der Waals surface area (Å²) in [6.45, 7) is 5.45. The average molecular weight is 404 g/mol. The summed E-state index contributed by atoms with van der Waals surface area (Å²) in [7, 11) is 0. The third-order valence-electron chi connectivity index (χ3n) is 5.03. The van der Waals surface area contributed by atoms with Crippen LogP contribution < -0.4 is 10.2 Å². The number of pyridine rings is 2. The molecule has 0 radical (unpaired) electrons.